The van der Waals surface area contributed by atoms with E-state index in [1.165, 1.54) is 17.1 Å². The van der Waals surface area contributed by atoms with Crippen molar-refractivity contribution in [3.05, 3.63) is 105 Å². The predicted octanol–water partition coefficient (Wildman–Crippen LogP) is 6.61. The topological polar surface area (TPSA) is 74.9 Å². The molecule has 35 heavy (non-hydrogen) atoms. The molecule has 0 spiro atoms. The smallest absolute Gasteiger partial charge is 0.337 e. The molecule has 0 fully saturated rings. The molecule has 6 nitrogen and oxygen atoms in total. The van der Waals surface area contributed by atoms with Crippen LogP contribution in [0.2, 0.25) is 5.02 Å². The number of halogens is 2. The van der Waals surface area contributed by atoms with Crippen LogP contribution in [0.3, 0.4) is 0 Å². The van der Waals surface area contributed by atoms with Gasteiger partial charge < -0.3 is 9.67 Å². The summed E-state index contributed by atoms with van der Waals surface area (Å²) in [5.41, 5.74) is 4.37. The summed E-state index contributed by atoms with van der Waals surface area (Å²) >= 11 is 9.46. The minimum Gasteiger partial charge on any atom is -0.478 e. The first-order valence-electron chi connectivity index (χ1n) is 10.8. The fourth-order valence-electron chi connectivity index (χ4n) is 4.13. The minimum absolute atomic E-state index is 0.0849. The average molecular weight is 549 g/mol. The lowest BCUT2D eigenvalue weighted by Crippen LogP contribution is -2.21. The number of carboxylic acids is 1. The van der Waals surface area contributed by atoms with E-state index in [1.807, 2.05) is 42.6 Å². The summed E-state index contributed by atoms with van der Waals surface area (Å²) in [6.07, 6.45) is 3.88. The van der Waals surface area contributed by atoms with Gasteiger partial charge >= 0.3 is 5.97 Å². The van der Waals surface area contributed by atoms with E-state index in [-0.39, 0.29) is 16.5 Å². The molecule has 4 aromatic rings. The van der Waals surface area contributed by atoms with E-state index in [0.29, 0.717) is 23.5 Å². The van der Waals surface area contributed by atoms with Gasteiger partial charge in [-0.25, -0.2) is 4.79 Å². The van der Waals surface area contributed by atoms with E-state index in [9.17, 15) is 14.7 Å². The Morgan fingerprint density at radius 2 is 1.86 bits per heavy atom. The molecule has 0 radical (unpaired) electrons. The number of carbonyl (C=O) groups is 2. The van der Waals surface area contributed by atoms with Gasteiger partial charge in [-0.15, -0.1) is 0 Å². The quantitative estimate of drug-likeness (QED) is 0.285. The number of fused-ring (bicyclic) bond motifs is 1. The van der Waals surface area contributed by atoms with Gasteiger partial charge in [0.25, 0.3) is 5.91 Å². The van der Waals surface area contributed by atoms with Crippen molar-refractivity contribution >= 4 is 67.8 Å². The van der Waals surface area contributed by atoms with Crippen LogP contribution in [0.15, 0.2) is 88.1 Å². The number of hydrazone groups is 1. The fourth-order valence-corrected chi connectivity index (χ4v) is 4.59. The molecule has 5 rings (SSSR count). The molecule has 1 amide bonds. The van der Waals surface area contributed by atoms with Crippen molar-refractivity contribution in [3.63, 3.8) is 0 Å². The van der Waals surface area contributed by atoms with E-state index in [0.717, 1.165) is 26.5 Å². The number of nitrogens with zero attached hydrogens (tertiary/aromatic N) is 3. The van der Waals surface area contributed by atoms with Crippen LogP contribution in [0.4, 0.5) is 5.69 Å². The van der Waals surface area contributed by atoms with Crippen LogP contribution < -0.4 is 5.01 Å². The molecule has 0 unspecified atom stereocenters. The van der Waals surface area contributed by atoms with Gasteiger partial charge in [-0.05, 0) is 55.0 Å². The molecule has 1 N–H and O–H groups in total. The second kappa shape index (κ2) is 9.17. The third-order valence-corrected chi connectivity index (χ3v) is 6.73. The van der Waals surface area contributed by atoms with Crippen molar-refractivity contribution in [2.24, 2.45) is 5.10 Å². The average Bonchev–Trinajstić information content (AvgIpc) is 3.33. The van der Waals surface area contributed by atoms with E-state index in [1.54, 1.807) is 13.0 Å². The van der Waals surface area contributed by atoms with Crippen LogP contribution in [0, 0.1) is 0 Å². The maximum atomic E-state index is 13.3. The number of benzene rings is 3. The normalized spacial score (nSPS) is 14.7. The Morgan fingerprint density at radius 1 is 1.11 bits per heavy atom. The molecule has 1 aliphatic rings. The second-order valence-corrected chi connectivity index (χ2v) is 9.51. The Balaban J connectivity index is 1.52. The molecule has 1 aliphatic heterocycles. The Kier molecular flexibility index (Phi) is 6.05. The van der Waals surface area contributed by atoms with E-state index < -0.39 is 5.97 Å². The van der Waals surface area contributed by atoms with Crippen molar-refractivity contribution in [2.45, 2.75) is 13.5 Å². The van der Waals surface area contributed by atoms with Gasteiger partial charge in [-0.1, -0.05) is 57.9 Å². The maximum Gasteiger partial charge on any atom is 0.337 e. The number of para-hydroxylation sites is 1. The molecule has 174 valence electrons. The molecule has 0 saturated heterocycles. The van der Waals surface area contributed by atoms with Crippen LogP contribution in [0.1, 0.15) is 28.4 Å². The number of anilines is 1. The highest BCUT2D eigenvalue weighted by Crippen LogP contribution is 2.31. The highest BCUT2D eigenvalue weighted by Gasteiger charge is 2.30. The monoisotopic (exact) mass is 547 g/mol. The number of hydrogen-bond acceptors (Lipinski definition) is 3. The fraction of sp³-hybridized carbons (Fsp3) is 0.0741. The lowest BCUT2D eigenvalue weighted by molar-refractivity contribution is -0.114. The summed E-state index contributed by atoms with van der Waals surface area (Å²) < 4.78 is 3.19. The summed E-state index contributed by atoms with van der Waals surface area (Å²) in [6, 6.07) is 20.6. The summed E-state index contributed by atoms with van der Waals surface area (Å²) in [5.74, 6) is -1.50. The SMILES string of the molecule is CC1=NN(c2ccc(Cl)c(C(=O)O)c2)C(=O)/C1=C\c1cn(Cc2ccc(Br)cc2)c2ccccc12. The van der Waals surface area contributed by atoms with Gasteiger partial charge in [0.1, 0.15) is 0 Å². The van der Waals surface area contributed by atoms with Gasteiger partial charge in [-0.3, -0.25) is 4.79 Å². The van der Waals surface area contributed by atoms with Crippen LogP contribution in [0.25, 0.3) is 17.0 Å². The maximum absolute atomic E-state index is 13.3. The second-order valence-electron chi connectivity index (χ2n) is 8.19. The molecule has 3 aromatic carbocycles. The van der Waals surface area contributed by atoms with Gasteiger partial charge in [-0.2, -0.15) is 10.1 Å². The van der Waals surface area contributed by atoms with Crippen molar-refractivity contribution in [1.29, 1.82) is 0 Å². The molecule has 0 saturated carbocycles. The number of carbonyl (C=O) groups excluding carboxylic acids is 1. The molecular weight excluding hydrogens is 530 g/mol. The standard InChI is InChI=1S/C27H19BrClN3O3/c1-16-22(26(33)32(30-16)20-10-11-24(29)23(13-20)27(34)35)12-18-15-31(25-5-3-2-4-21(18)25)14-17-6-8-19(28)9-7-17/h2-13,15H,14H2,1H3,(H,34,35)/b22-12-. The summed E-state index contributed by atoms with van der Waals surface area (Å²) in [6.45, 7) is 2.45. The largest absolute Gasteiger partial charge is 0.478 e. The van der Waals surface area contributed by atoms with E-state index in [4.69, 9.17) is 11.6 Å². The van der Waals surface area contributed by atoms with Crippen LogP contribution in [-0.2, 0) is 11.3 Å². The Bertz CT molecular complexity index is 1550. The van der Waals surface area contributed by atoms with E-state index in [2.05, 4.69) is 43.8 Å². The molecule has 8 heteroatoms. The Morgan fingerprint density at radius 3 is 2.60 bits per heavy atom. The lowest BCUT2D eigenvalue weighted by atomic mass is 10.1. The third kappa shape index (κ3) is 4.40. The first-order valence-corrected chi connectivity index (χ1v) is 12.0. The number of aromatic carboxylic acids is 1. The number of rotatable bonds is 5. The molecule has 1 aromatic heterocycles. The Labute approximate surface area is 214 Å². The minimum atomic E-state index is -1.17. The van der Waals surface area contributed by atoms with Crippen molar-refractivity contribution < 1.29 is 14.7 Å². The van der Waals surface area contributed by atoms with Gasteiger partial charge in [0, 0.05) is 33.7 Å². The van der Waals surface area contributed by atoms with Crippen LogP contribution in [-0.4, -0.2) is 27.3 Å². The predicted molar refractivity (Wildman–Crippen MR) is 142 cm³/mol. The van der Waals surface area contributed by atoms with Crippen molar-refractivity contribution in [1.82, 2.24) is 4.57 Å². The highest BCUT2D eigenvalue weighted by atomic mass is 79.9. The van der Waals surface area contributed by atoms with E-state index >= 15 is 0 Å². The Hall–Kier alpha value is -3.68. The summed E-state index contributed by atoms with van der Waals surface area (Å²) in [7, 11) is 0. The zero-order valence-electron chi connectivity index (χ0n) is 18.6. The summed E-state index contributed by atoms with van der Waals surface area (Å²) in [4.78, 5) is 24.8. The number of aromatic nitrogens is 1. The number of amides is 1. The van der Waals surface area contributed by atoms with Gasteiger partial charge in [0.15, 0.2) is 0 Å². The first kappa shape index (κ1) is 23.1. The van der Waals surface area contributed by atoms with Gasteiger partial charge in [0.2, 0.25) is 0 Å². The zero-order chi connectivity index (χ0) is 24.7. The first-order chi connectivity index (χ1) is 16.8. The highest BCUT2D eigenvalue weighted by molar-refractivity contribution is 9.10. The number of carboxylic acid groups (broad SMARTS) is 1. The molecule has 0 bridgehead atoms. The lowest BCUT2D eigenvalue weighted by Gasteiger charge is -2.13. The molecule has 0 atom stereocenters. The van der Waals surface area contributed by atoms with Crippen LogP contribution >= 0.6 is 27.5 Å². The molecule has 0 aliphatic carbocycles. The van der Waals surface area contributed by atoms with Crippen molar-refractivity contribution in [2.75, 3.05) is 5.01 Å². The molecule has 2 heterocycles. The van der Waals surface area contributed by atoms with Gasteiger partial charge in [0.05, 0.1) is 27.6 Å². The third-order valence-electron chi connectivity index (χ3n) is 5.87. The van der Waals surface area contributed by atoms with Crippen LogP contribution in [0.5, 0.6) is 0 Å². The number of hydrogen-bond donors (Lipinski definition) is 1. The molecular formula is C27H19BrClN3O3. The van der Waals surface area contributed by atoms with Crippen molar-refractivity contribution in [3.8, 4) is 0 Å². The zero-order valence-corrected chi connectivity index (χ0v) is 20.9. The summed E-state index contributed by atoms with van der Waals surface area (Å²) in [5, 5.41) is 16.1.